The Kier molecular flexibility index (Phi) is 3.59. The molecule has 0 saturated heterocycles. The lowest BCUT2D eigenvalue weighted by Gasteiger charge is -2.08. The second kappa shape index (κ2) is 4.72. The maximum atomic E-state index is 12.7. The average molecular weight is 197 g/mol. The molecule has 0 unspecified atom stereocenters. The first-order valence-corrected chi connectivity index (χ1v) is 4.21. The van der Waals surface area contributed by atoms with Gasteiger partial charge in [0.2, 0.25) is 0 Å². The number of carbonyl (C=O) groups is 1. The third kappa shape index (κ3) is 2.81. The Hall–Kier alpha value is -1.42. The molecule has 0 spiro atoms. The molecule has 76 valence electrons. The van der Waals surface area contributed by atoms with Gasteiger partial charge in [0.1, 0.15) is 11.9 Å². The number of halogens is 1. The Morgan fingerprint density at radius 1 is 1.64 bits per heavy atom. The Bertz CT molecular complexity index is 328. The smallest absolute Gasteiger partial charge is 0.322 e. The summed E-state index contributed by atoms with van der Waals surface area (Å²) in [6.07, 6.45) is 0.282. The molecule has 0 aromatic heterocycles. The van der Waals surface area contributed by atoms with Crippen LogP contribution in [-0.2, 0) is 16.0 Å². The van der Waals surface area contributed by atoms with E-state index in [-0.39, 0.29) is 12.2 Å². The van der Waals surface area contributed by atoms with Crippen LogP contribution < -0.4 is 5.73 Å². The second-order valence-corrected chi connectivity index (χ2v) is 2.96. The molecule has 0 aliphatic carbocycles. The fourth-order valence-corrected chi connectivity index (χ4v) is 1.15. The largest absolute Gasteiger partial charge is 0.468 e. The lowest BCUT2D eigenvalue weighted by atomic mass is 10.1. The van der Waals surface area contributed by atoms with Crippen LogP contribution in [-0.4, -0.2) is 19.1 Å². The molecule has 1 aromatic rings. The molecule has 1 aromatic carbocycles. The molecule has 0 saturated carbocycles. The zero-order valence-corrected chi connectivity index (χ0v) is 7.87. The van der Waals surface area contributed by atoms with Crippen molar-refractivity contribution in [2.75, 3.05) is 7.11 Å². The van der Waals surface area contributed by atoms with Crippen LogP contribution in [0.2, 0.25) is 0 Å². The first kappa shape index (κ1) is 10.7. The molecule has 0 heterocycles. The normalized spacial score (nSPS) is 12.2. The van der Waals surface area contributed by atoms with Crippen LogP contribution in [0.15, 0.2) is 24.3 Å². The Morgan fingerprint density at radius 3 is 2.93 bits per heavy atom. The molecule has 3 nitrogen and oxygen atoms in total. The average Bonchev–Trinajstić information content (AvgIpc) is 2.16. The highest BCUT2D eigenvalue weighted by Crippen LogP contribution is 2.06. The second-order valence-electron chi connectivity index (χ2n) is 2.96. The predicted octanol–water partition coefficient (Wildman–Crippen LogP) is 0.868. The molecule has 0 fully saturated rings. The van der Waals surface area contributed by atoms with Crippen molar-refractivity contribution in [2.45, 2.75) is 12.5 Å². The summed E-state index contributed by atoms with van der Waals surface area (Å²) in [4.78, 5) is 11.0. The van der Waals surface area contributed by atoms with E-state index in [0.717, 1.165) is 0 Å². The van der Waals surface area contributed by atoms with Crippen molar-refractivity contribution in [3.63, 3.8) is 0 Å². The van der Waals surface area contributed by atoms with Crippen molar-refractivity contribution in [3.8, 4) is 0 Å². The SMILES string of the molecule is COC(=O)[C@H](N)Cc1cccc(F)c1. The van der Waals surface area contributed by atoms with Crippen molar-refractivity contribution in [2.24, 2.45) is 5.73 Å². The molecule has 2 N–H and O–H groups in total. The van der Waals surface area contributed by atoms with Crippen molar-refractivity contribution >= 4 is 5.97 Å². The summed E-state index contributed by atoms with van der Waals surface area (Å²) in [5.41, 5.74) is 6.20. The van der Waals surface area contributed by atoms with Gasteiger partial charge in [0.15, 0.2) is 0 Å². The molecule has 0 amide bonds. The molecular formula is C10H12FNO2. The summed E-state index contributed by atoms with van der Waals surface area (Å²) in [5.74, 6) is -0.825. The van der Waals surface area contributed by atoms with Gasteiger partial charge in [-0.05, 0) is 24.1 Å². The zero-order chi connectivity index (χ0) is 10.6. The summed E-state index contributed by atoms with van der Waals surface area (Å²) in [6.45, 7) is 0. The van der Waals surface area contributed by atoms with Gasteiger partial charge in [-0.1, -0.05) is 12.1 Å². The van der Waals surface area contributed by atoms with E-state index in [4.69, 9.17) is 5.73 Å². The third-order valence-corrected chi connectivity index (χ3v) is 1.85. The van der Waals surface area contributed by atoms with E-state index in [2.05, 4.69) is 4.74 Å². The van der Waals surface area contributed by atoms with E-state index < -0.39 is 12.0 Å². The molecule has 0 radical (unpaired) electrons. The Morgan fingerprint density at radius 2 is 2.36 bits per heavy atom. The lowest BCUT2D eigenvalue weighted by Crippen LogP contribution is -2.33. The monoisotopic (exact) mass is 197 g/mol. The fraction of sp³-hybridized carbons (Fsp3) is 0.300. The van der Waals surface area contributed by atoms with Crippen LogP contribution in [0.25, 0.3) is 0 Å². The number of hydrogen-bond acceptors (Lipinski definition) is 3. The molecule has 0 aliphatic heterocycles. The molecule has 1 atom stereocenters. The molecule has 1 rings (SSSR count). The minimum atomic E-state index is -0.734. The van der Waals surface area contributed by atoms with Crippen LogP contribution in [0, 0.1) is 5.82 Å². The van der Waals surface area contributed by atoms with Gasteiger partial charge in [0, 0.05) is 0 Å². The van der Waals surface area contributed by atoms with Crippen molar-refractivity contribution in [3.05, 3.63) is 35.6 Å². The van der Waals surface area contributed by atoms with Gasteiger partial charge >= 0.3 is 5.97 Å². The van der Waals surface area contributed by atoms with Crippen molar-refractivity contribution < 1.29 is 13.9 Å². The highest BCUT2D eigenvalue weighted by Gasteiger charge is 2.13. The van der Waals surface area contributed by atoms with Crippen LogP contribution in [0.5, 0.6) is 0 Å². The fourth-order valence-electron chi connectivity index (χ4n) is 1.15. The highest BCUT2D eigenvalue weighted by atomic mass is 19.1. The van der Waals surface area contributed by atoms with E-state index in [9.17, 15) is 9.18 Å². The van der Waals surface area contributed by atoms with E-state index in [1.165, 1.54) is 19.2 Å². The lowest BCUT2D eigenvalue weighted by molar-refractivity contribution is -0.142. The summed E-state index contributed by atoms with van der Waals surface area (Å²) >= 11 is 0. The standard InChI is InChI=1S/C10H12FNO2/c1-14-10(13)9(12)6-7-3-2-4-8(11)5-7/h2-5,9H,6,12H2,1H3/t9-/m1/s1. The third-order valence-electron chi connectivity index (χ3n) is 1.85. The number of nitrogens with two attached hydrogens (primary N) is 1. The number of esters is 1. The summed E-state index contributed by atoms with van der Waals surface area (Å²) in [6, 6.07) is 5.25. The summed E-state index contributed by atoms with van der Waals surface area (Å²) in [5, 5.41) is 0. The maximum absolute atomic E-state index is 12.7. The summed E-state index contributed by atoms with van der Waals surface area (Å²) in [7, 11) is 1.27. The molecule has 0 bridgehead atoms. The van der Waals surface area contributed by atoms with Gasteiger partial charge in [-0.3, -0.25) is 4.79 Å². The topological polar surface area (TPSA) is 52.3 Å². The van der Waals surface area contributed by atoms with Crippen molar-refractivity contribution in [1.29, 1.82) is 0 Å². The molecule has 4 heteroatoms. The Balaban J connectivity index is 2.64. The number of ether oxygens (including phenoxy) is 1. The van der Waals surface area contributed by atoms with Crippen LogP contribution >= 0.6 is 0 Å². The first-order valence-electron chi connectivity index (χ1n) is 4.21. The van der Waals surface area contributed by atoms with Gasteiger partial charge in [0.25, 0.3) is 0 Å². The Labute approximate surface area is 81.7 Å². The molecule has 0 aliphatic rings. The van der Waals surface area contributed by atoms with Crippen LogP contribution in [0.4, 0.5) is 4.39 Å². The van der Waals surface area contributed by atoms with Crippen LogP contribution in [0.3, 0.4) is 0 Å². The highest BCUT2D eigenvalue weighted by molar-refractivity contribution is 5.75. The minimum absolute atomic E-state index is 0.282. The van der Waals surface area contributed by atoms with Crippen molar-refractivity contribution in [1.82, 2.24) is 0 Å². The van der Waals surface area contributed by atoms with Crippen LogP contribution in [0.1, 0.15) is 5.56 Å². The van der Waals surface area contributed by atoms with E-state index in [0.29, 0.717) is 5.56 Å². The number of carbonyl (C=O) groups excluding carboxylic acids is 1. The quantitative estimate of drug-likeness (QED) is 0.731. The molecule has 14 heavy (non-hydrogen) atoms. The minimum Gasteiger partial charge on any atom is -0.468 e. The zero-order valence-electron chi connectivity index (χ0n) is 7.87. The number of benzene rings is 1. The van der Waals surface area contributed by atoms with E-state index in [1.807, 2.05) is 0 Å². The maximum Gasteiger partial charge on any atom is 0.322 e. The van der Waals surface area contributed by atoms with Gasteiger partial charge in [-0.25, -0.2) is 4.39 Å². The van der Waals surface area contributed by atoms with E-state index in [1.54, 1.807) is 12.1 Å². The number of methoxy groups -OCH3 is 1. The van der Waals surface area contributed by atoms with Gasteiger partial charge in [-0.2, -0.15) is 0 Å². The first-order chi connectivity index (χ1) is 6.63. The van der Waals surface area contributed by atoms with Gasteiger partial charge in [0.05, 0.1) is 7.11 Å². The molecular weight excluding hydrogens is 185 g/mol. The number of hydrogen-bond donors (Lipinski definition) is 1. The number of rotatable bonds is 3. The van der Waals surface area contributed by atoms with Gasteiger partial charge < -0.3 is 10.5 Å². The van der Waals surface area contributed by atoms with E-state index >= 15 is 0 Å². The summed E-state index contributed by atoms with van der Waals surface area (Å²) < 4.78 is 17.2. The predicted molar refractivity (Wildman–Crippen MR) is 50.1 cm³/mol. The van der Waals surface area contributed by atoms with Gasteiger partial charge in [-0.15, -0.1) is 0 Å².